The van der Waals surface area contributed by atoms with Gasteiger partial charge in [-0.05, 0) is 50.8 Å². The van der Waals surface area contributed by atoms with Crippen LogP contribution in [0.15, 0.2) is 54.1 Å². The van der Waals surface area contributed by atoms with Gasteiger partial charge in [0.25, 0.3) is 11.7 Å². The minimum Gasteiger partial charge on any atom is -0.507 e. The van der Waals surface area contributed by atoms with E-state index in [0.29, 0.717) is 18.7 Å². The minimum absolute atomic E-state index is 0.0271. The Balaban J connectivity index is 2.13. The number of amides is 1. The van der Waals surface area contributed by atoms with E-state index in [1.54, 1.807) is 0 Å². The van der Waals surface area contributed by atoms with Crippen molar-refractivity contribution in [2.24, 2.45) is 0 Å². The Labute approximate surface area is 163 Å². The number of carbonyl (C=O) groups is 2. The van der Waals surface area contributed by atoms with E-state index in [0.717, 1.165) is 11.1 Å². The number of nitrogens with zero attached hydrogens (tertiary/aromatic N) is 2. The third-order valence-corrected chi connectivity index (χ3v) is 4.84. The van der Waals surface area contributed by atoms with Crippen molar-refractivity contribution in [3.8, 4) is 0 Å². The van der Waals surface area contributed by atoms with Gasteiger partial charge in [0.05, 0.1) is 11.6 Å². The van der Waals surface area contributed by atoms with Gasteiger partial charge in [0, 0.05) is 18.7 Å². The Kier molecular flexibility index (Phi) is 5.61. The first-order valence-electron chi connectivity index (χ1n) is 9.05. The molecule has 1 aliphatic rings. The fourth-order valence-corrected chi connectivity index (χ4v) is 3.28. The Hall–Kier alpha value is -2.99. The molecule has 2 aromatic carbocycles. The maximum Gasteiger partial charge on any atom is 0.295 e. The average molecular weight is 382 g/mol. The standard InChI is InChI=1S/C22H23FN2O3/c1-14-4-6-15(7-5-14)19-18(20(26)16-8-10-17(23)11-9-16)21(27)22(28)25(19)13-12-24(2)3/h4-11,19,26H,12-13H2,1-3H3. The van der Waals surface area contributed by atoms with E-state index >= 15 is 0 Å². The van der Waals surface area contributed by atoms with Crippen molar-refractivity contribution in [1.29, 1.82) is 0 Å². The summed E-state index contributed by atoms with van der Waals surface area (Å²) in [4.78, 5) is 28.9. The van der Waals surface area contributed by atoms with E-state index in [-0.39, 0.29) is 11.3 Å². The molecule has 0 radical (unpaired) electrons. The number of rotatable bonds is 5. The molecule has 2 aromatic rings. The Morgan fingerprint density at radius 2 is 1.68 bits per heavy atom. The van der Waals surface area contributed by atoms with E-state index in [2.05, 4.69) is 0 Å². The Bertz CT molecular complexity index is 918. The highest BCUT2D eigenvalue weighted by molar-refractivity contribution is 6.46. The van der Waals surface area contributed by atoms with Crippen LogP contribution >= 0.6 is 0 Å². The quantitative estimate of drug-likeness (QED) is 0.490. The third-order valence-electron chi connectivity index (χ3n) is 4.84. The summed E-state index contributed by atoms with van der Waals surface area (Å²) in [5.74, 6) is -2.11. The molecule has 0 aromatic heterocycles. The fraction of sp³-hybridized carbons (Fsp3) is 0.273. The number of hydrogen-bond acceptors (Lipinski definition) is 4. The van der Waals surface area contributed by atoms with Gasteiger partial charge in [-0.2, -0.15) is 0 Å². The van der Waals surface area contributed by atoms with Gasteiger partial charge in [-0.25, -0.2) is 4.39 Å². The third kappa shape index (κ3) is 3.82. The Morgan fingerprint density at radius 1 is 1.07 bits per heavy atom. The molecule has 1 fully saturated rings. The number of carbonyl (C=O) groups excluding carboxylic acids is 2. The van der Waals surface area contributed by atoms with Gasteiger partial charge in [-0.1, -0.05) is 29.8 Å². The van der Waals surface area contributed by atoms with Crippen molar-refractivity contribution in [3.05, 3.63) is 76.6 Å². The Morgan fingerprint density at radius 3 is 2.25 bits per heavy atom. The van der Waals surface area contributed by atoms with Crippen molar-refractivity contribution in [1.82, 2.24) is 9.80 Å². The maximum absolute atomic E-state index is 13.3. The van der Waals surface area contributed by atoms with Crippen molar-refractivity contribution in [2.75, 3.05) is 27.2 Å². The smallest absolute Gasteiger partial charge is 0.295 e. The second-order valence-electron chi connectivity index (χ2n) is 7.21. The van der Waals surface area contributed by atoms with Gasteiger partial charge in [0.2, 0.25) is 0 Å². The van der Waals surface area contributed by atoms with Crippen LogP contribution in [0.3, 0.4) is 0 Å². The molecule has 0 saturated carbocycles. The number of halogens is 1. The van der Waals surface area contributed by atoms with Crippen LogP contribution in [0, 0.1) is 12.7 Å². The van der Waals surface area contributed by atoms with Crippen molar-refractivity contribution in [3.63, 3.8) is 0 Å². The van der Waals surface area contributed by atoms with E-state index in [1.165, 1.54) is 29.2 Å². The molecule has 5 nitrogen and oxygen atoms in total. The molecule has 28 heavy (non-hydrogen) atoms. The first kappa shape index (κ1) is 19.8. The van der Waals surface area contributed by atoms with E-state index in [1.807, 2.05) is 50.2 Å². The number of aliphatic hydroxyl groups is 1. The molecule has 1 heterocycles. The number of aliphatic hydroxyl groups excluding tert-OH is 1. The molecule has 1 N–H and O–H groups in total. The molecule has 0 aliphatic carbocycles. The highest BCUT2D eigenvalue weighted by Crippen LogP contribution is 2.39. The summed E-state index contributed by atoms with van der Waals surface area (Å²) in [7, 11) is 3.77. The first-order chi connectivity index (χ1) is 13.3. The van der Waals surface area contributed by atoms with Crippen molar-refractivity contribution in [2.45, 2.75) is 13.0 Å². The fourth-order valence-electron chi connectivity index (χ4n) is 3.28. The summed E-state index contributed by atoms with van der Waals surface area (Å²) in [6, 6.07) is 12.0. The zero-order valence-corrected chi connectivity index (χ0v) is 16.1. The highest BCUT2D eigenvalue weighted by atomic mass is 19.1. The average Bonchev–Trinajstić information content (AvgIpc) is 2.91. The van der Waals surface area contributed by atoms with Crippen molar-refractivity contribution < 1.29 is 19.1 Å². The predicted octanol–water partition coefficient (Wildman–Crippen LogP) is 3.12. The van der Waals surface area contributed by atoms with Crippen molar-refractivity contribution >= 4 is 17.4 Å². The second-order valence-corrected chi connectivity index (χ2v) is 7.21. The number of likely N-dealkylation sites (tertiary alicyclic amines) is 1. The summed E-state index contributed by atoms with van der Waals surface area (Å²) in [5.41, 5.74) is 2.11. The van der Waals surface area contributed by atoms with Crippen LogP contribution in [0.1, 0.15) is 22.7 Å². The molecule has 0 bridgehead atoms. The molecule has 1 unspecified atom stereocenters. The molecule has 146 valence electrons. The van der Waals surface area contributed by atoms with Crippen LogP contribution < -0.4 is 0 Å². The highest BCUT2D eigenvalue weighted by Gasteiger charge is 2.45. The molecule has 1 aliphatic heterocycles. The van der Waals surface area contributed by atoms with E-state index in [9.17, 15) is 19.1 Å². The van der Waals surface area contributed by atoms with Gasteiger partial charge in [0.15, 0.2) is 0 Å². The minimum atomic E-state index is -0.730. The van der Waals surface area contributed by atoms with Crippen LogP contribution in [0.2, 0.25) is 0 Å². The summed E-state index contributed by atoms with van der Waals surface area (Å²) in [5, 5.41) is 10.8. The second kappa shape index (κ2) is 7.94. The molecule has 1 amide bonds. The first-order valence-corrected chi connectivity index (χ1v) is 9.05. The topological polar surface area (TPSA) is 60.9 Å². The van der Waals surface area contributed by atoms with Gasteiger partial charge in [0.1, 0.15) is 11.6 Å². The number of Topliss-reactive ketones (excluding diaryl/α,β-unsaturated/α-hetero) is 1. The summed E-state index contributed by atoms with van der Waals surface area (Å²) < 4.78 is 13.3. The van der Waals surface area contributed by atoms with Crippen LogP contribution in [-0.4, -0.2) is 53.8 Å². The maximum atomic E-state index is 13.3. The summed E-state index contributed by atoms with van der Waals surface area (Å²) in [6.45, 7) is 2.87. The van der Waals surface area contributed by atoms with Crippen LogP contribution in [0.4, 0.5) is 4.39 Å². The zero-order chi connectivity index (χ0) is 20.4. The van der Waals surface area contributed by atoms with Gasteiger partial charge < -0.3 is 14.9 Å². The summed E-state index contributed by atoms with van der Waals surface area (Å²) in [6.07, 6.45) is 0. The number of benzene rings is 2. The monoisotopic (exact) mass is 382 g/mol. The predicted molar refractivity (Wildman–Crippen MR) is 105 cm³/mol. The van der Waals surface area contributed by atoms with Gasteiger partial charge in [-0.3, -0.25) is 9.59 Å². The number of aryl methyl sites for hydroxylation is 1. The largest absolute Gasteiger partial charge is 0.507 e. The van der Waals surface area contributed by atoms with Crippen LogP contribution in [0.25, 0.3) is 5.76 Å². The van der Waals surface area contributed by atoms with Gasteiger partial charge in [-0.15, -0.1) is 0 Å². The van der Waals surface area contributed by atoms with E-state index < -0.39 is 23.5 Å². The lowest BCUT2D eigenvalue weighted by atomic mass is 9.95. The normalized spacial score (nSPS) is 18.9. The molecular weight excluding hydrogens is 359 g/mol. The number of ketones is 1. The molecule has 6 heteroatoms. The zero-order valence-electron chi connectivity index (χ0n) is 16.1. The number of hydrogen-bond donors (Lipinski definition) is 1. The SMILES string of the molecule is Cc1ccc(C2C(=C(O)c3ccc(F)cc3)C(=O)C(=O)N2CCN(C)C)cc1. The van der Waals surface area contributed by atoms with Crippen LogP contribution in [0.5, 0.6) is 0 Å². The molecule has 1 saturated heterocycles. The summed E-state index contributed by atoms with van der Waals surface area (Å²) >= 11 is 0. The van der Waals surface area contributed by atoms with Gasteiger partial charge >= 0.3 is 0 Å². The molecule has 0 spiro atoms. The lowest BCUT2D eigenvalue weighted by Gasteiger charge is -2.26. The van der Waals surface area contributed by atoms with E-state index in [4.69, 9.17) is 0 Å². The molecular formula is C22H23FN2O3. The molecule has 3 rings (SSSR count). The molecule has 1 atom stereocenters. The van der Waals surface area contributed by atoms with Crippen LogP contribution in [-0.2, 0) is 9.59 Å². The lowest BCUT2D eigenvalue weighted by molar-refractivity contribution is -0.140. The lowest BCUT2D eigenvalue weighted by Crippen LogP contribution is -2.35. The number of likely N-dealkylation sites (N-methyl/N-ethyl adjacent to an activating group) is 1.